The number of carbonyl (C=O) groups is 1. The number of aliphatic carboxylic acids is 1. The first-order valence-corrected chi connectivity index (χ1v) is 3.74. The second-order valence-electron chi connectivity index (χ2n) is 2.66. The highest BCUT2D eigenvalue weighted by Gasteiger charge is 2.23. The van der Waals surface area contributed by atoms with Gasteiger partial charge in [-0.15, -0.1) is 0 Å². The van der Waals surface area contributed by atoms with Crippen LogP contribution in [0.5, 0.6) is 0 Å². The molecule has 0 aliphatic carbocycles. The van der Waals surface area contributed by atoms with E-state index in [0.717, 1.165) is 12.1 Å². The maximum atomic E-state index is 13.0. The highest BCUT2D eigenvalue weighted by atomic mass is 19.1. The Morgan fingerprint density at radius 1 is 1.53 bits per heavy atom. The van der Waals surface area contributed by atoms with E-state index in [1.807, 2.05) is 0 Å². The van der Waals surface area contributed by atoms with Gasteiger partial charge in [-0.05, 0) is 6.07 Å². The number of carboxylic acids is 1. The van der Waals surface area contributed by atoms with Gasteiger partial charge >= 0.3 is 5.97 Å². The van der Waals surface area contributed by atoms with Crippen LogP contribution < -0.4 is 0 Å². The molecular weight excluding hydrogens is 212 g/mol. The van der Waals surface area contributed by atoms with Crippen LogP contribution in [0, 0.1) is 15.9 Å². The first-order chi connectivity index (χ1) is 6.93. The molecule has 1 unspecified atom stereocenters. The molecule has 0 aliphatic heterocycles. The van der Waals surface area contributed by atoms with Gasteiger partial charge in [-0.3, -0.25) is 10.1 Å². The molecule has 1 atom stereocenters. The summed E-state index contributed by atoms with van der Waals surface area (Å²) in [5, 5.41) is 18.5. The molecule has 0 aliphatic rings. The number of nitro groups is 1. The smallest absolute Gasteiger partial charge is 0.343 e. The SMILES string of the molecule is O=C(O)C(F)c1ccc([N+](=O)[O-])cc1F. The van der Waals surface area contributed by atoms with Crippen LogP contribution in [-0.4, -0.2) is 16.0 Å². The first kappa shape index (κ1) is 11.0. The Labute approximate surface area is 82.1 Å². The van der Waals surface area contributed by atoms with Gasteiger partial charge in [0.05, 0.1) is 11.0 Å². The molecule has 5 nitrogen and oxygen atoms in total. The van der Waals surface area contributed by atoms with E-state index in [1.54, 1.807) is 0 Å². The van der Waals surface area contributed by atoms with E-state index in [2.05, 4.69) is 0 Å². The number of carboxylic acid groups (broad SMARTS) is 1. The molecular formula is C8H5F2NO4. The Morgan fingerprint density at radius 3 is 2.53 bits per heavy atom. The van der Waals surface area contributed by atoms with Crippen LogP contribution in [-0.2, 0) is 4.79 Å². The topological polar surface area (TPSA) is 80.4 Å². The maximum Gasteiger partial charge on any atom is 0.343 e. The quantitative estimate of drug-likeness (QED) is 0.618. The molecule has 0 fully saturated rings. The van der Waals surface area contributed by atoms with Crippen molar-refractivity contribution < 1.29 is 23.6 Å². The molecule has 1 aromatic rings. The monoisotopic (exact) mass is 217 g/mol. The van der Waals surface area contributed by atoms with Crippen molar-refractivity contribution in [2.24, 2.45) is 0 Å². The fraction of sp³-hybridized carbons (Fsp3) is 0.125. The maximum absolute atomic E-state index is 13.0. The predicted octanol–water partition coefficient (Wildman–Crippen LogP) is 1.83. The largest absolute Gasteiger partial charge is 0.479 e. The second-order valence-corrected chi connectivity index (χ2v) is 2.66. The Kier molecular flexibility index (Phi) is 2.93. The van der Waals surface area contributed by atoms with Gasteiger partial charge in [-0.25, -0.2) is 13.6 Å². The predicted molar refractivity (Wildman–Crippen MR) is 44.5 cm³/mol. The molecule has 80 valence electrons. The zero-order valence-corrected chi connectivity index (χ0v) is 7.18. The molecule has 1 rings (SSSR count). The summed E-state index contributed by atoms with van der Waals surface area (Å²) in [6.45, 7) is 0. The fourth-order valence-electron chi connectivity index (χ4n) is 0.968. The number of hydrogen-bond acceptors (Lipinski definition) is 3. The number of benzene rings is 1. The minimum absolute atomic E-state index is 0.477. The van der Waals surface area contributed by atoms with Gasteiger partial charge in [-0.1, -0.05) is 0 Å². The van der Waals surface area contributed by atoms with Gasteiger partial charge in [0.1, 0.15) is 5.82 Å². The van der Waals surface area contributed by atoms with Crippen molar-refractivity contribution in [3.05, 3.63) is 39.7 Å². The lowest BCUT2D eigenvalue weighted by atomic mass is 10.1. The zero-order chi connectivity index (χ0) is 11.6. The summed E-state index contributed by atoms with van der Waals surface area (Å²) in [6, 6.07) is 2.06. The van der Waals surface area contributed by atoms with Crippen LogP contribution in [0.15, 0.2) is 18.2 Å². The molecule has 0 heterocycles. The average molecular weight is 217 g/mol. The second kappa shape index (κ2) is 3.99. The van der Waals surface area contributed by atoms with Gasteiger partial charge in [0.2, 0.25) is 6.17 Å². The van der Waals surface area contributed by atoms with Crippen molar-refractivity contribution in [3.8, 4) is 0 Å². The summed E-state index contributed by atoms with van der Waals surface area (Å²) in [6.07, 6.45) is -2.52. The summed E-state index contributed by atoms with van der Waals surface area (Å²) in [4.78, 5) is 19.5. The molecule has 0 bridgehead atoms. The Hall–Kier alpha value is -2.05. The number of alkyl halides is 1. The average Bonchev–Trinajstić information content (AvgIpc) is 2.16. The van der Waals surface area contributed by atoms with Crippen LogP contribution in [0.1, 0.15) is 11.7 Å². The molecule has 1 aromatic carbocycles. The van der Waals surface area contributed by atoms with E-state index >= 15 is 0 Å². The van der Waals surface area contributed by atoms with E-state index in [4.69, 9.17) is 5.11 Å². The van der Waals surface area contributed by atoms with Gasteiger partial charge in [0.25, 0.3) is 5.69 Å². The van der Waals surface area contributed by atoms with Crippen LogP contribution in [0.25, 0.3) is 0 Å². The first-order valence-electron chi connectivity index (χ1n) is 3.74. The minimum Gasteiger partial charge on any atom is -0.479 e. The fourth-order valence-corrected chi connectivity index (χ4v) is 0.968. The summed E-state index contributed by atoms with van der Waals surface area (Å²) >= 11 is 0. The Balaban J connectivity index is 3.13. The third-order valence-electron chi connectivity index (χ3n) is 1.68. The lowest BCUT2D eigenvalue weighted by molar-refractivity contribution is -0.385. The van der Waals surface area contributed by atoms with Crippen LogP contribution in [0.4, 0.5) is 14.5 Å². The molecule has 0 saturated heterocycles. The van der Waals surface area contributed by atoms with Crippen molar-refractivity contribution in [2.45, 2.75) is 6.17 Å². The van der Waals surface area contributed by atoms with Gasteiger partial charge in [0.15, 0.2) is 0 Å². The van der Waals surface area contributed by atoms with Crippen LogP contribution in [0.2, 0.25) is 0 Å². The number of nitrogens with zero attached hydrogens (tertiary/aromatic N) is 1. The van der Waals surface area contributed by atoms with Gasteiger partial charge < -0.3 is 5.11 Å². The Bertz CT molecular complexity index is 421. The molecule has 0 radical (unpaired) electrons. The van der Waals surface area contributed by atoms with Crippen molar-refractivity contribution in [1.29, 1.82) is 0 Å². The molecule has 1 N–H and O–H groups in total. The van der Waals surface area contributed by atoms with E-state index in [9.17, 15) is 23.7 Å². The van der Waals surface area contributed by atoms with Crippen LogP contribution >= 0.6 is 0 Å². The summed E-state index contributed by atoms with van der Waals surface area (Å²) in [5.74, 6) is -3.10. The molecule has 15 heavy (non-hydrogen) atoms. The zero-order valence-electron chi connectivity index (χ0n) is 7.18. The molecule has 0 saturated carbocycles. The molecule has 0 aromatic heterocycles. The highest BCUT2D eigenvalue weighted by Crippen LogP contribution is 2.24. The summed E-state index contributed by atoms with van der Waals surface area (Å²) in [5.41, 5.74) is -1.29. The number of non-ortho nitro benzene ring substituents is 1. The van der Waals surface area contributed by atoms with Crippen molar-refractivity contribution in [2.75, 3.05) is 0 Å². The number of halogens is 2. The molecule has 0 spiro atoms. The van der Waals surface area contributed by atoms with E-state index in [1.165, 1.54) is 0 Å². The lowest BCUT2D eigenvalue weighted by Gasteiger charge is -2.03. The van der Waals surface area contributed by atoms with Crippen LogP contribution in [0.3, 0.4) is 0 Å². The number of hydrogen-bond donors (Lipinski definition) is 1. The van der Waals surface area contributed by atoms with Crippen molar-refractivity contribution >= 4 is 11.7 Å². The van der Waals surface area contributed by atoms with Crippen molar-refractivity contribution in [3.63, 3.8) is 0 Å². The van der Waals surface area contributed by atoms with E-state index < -0.39 is 34.1 Å². The third kappa shape index (κ3) is 2.25. The molecule has 0 amide bonds. The summed E-state index contributed by atoms with van der Waals surface area (Å²) < 4.78 is 25.9. The Morgan fingerprint density at radius 2 is 2.13 bits per heavy atom. The summed E-state index contributed by atoms with van der Waals surface area (Å²) in [7, 11) is 0. The lowest BCUT2D eigenvalue weighted by Crippen LogP contribution is -2.08. The standard InChI is InChI=1S/C8H5F2NO4/c9-6-3-4(11(14)15)1-2-5(6)7(10)8(12)13/h1-3,7H,(H,12,13). The normalized spacial score (nSPS) is 12.1. The van der Waals surface area contributed by atoms with Gasteiger partial charge in [0, 0.05) is 11.6 Å². The minimum atomic E-state index is -2.52. The molecule has 7 heteroatoms. The van der Waals surface area contributed by atoms with Gasteiger partial charge in [-0.2, -0.15) is 0 Å². The van der Waals surface area contributed by atoms with Crippen molar-refractivity contribution in [1.82, 2.24) is 0 Å². The number of nitro benzene ring substituents is 1. The highest BCUT2D eigenvalue weighted by molar-refractivity contribution is 5.74. The van der Waals surface area contributed by atoms with E-state index in [-0.39, 0.29) is 0 Å². The number of rotatable bonds is 3. The third-order valence-corrected chi connectivity index (χ3v) is 1.68. The van der Waals surface area contributed by atoms with E-state index in [0.29, 0.717) is 6.07 Å².